The predicted octanol–water partition coefficient (Wildman–Crippen LogP) is 4.89. The van der Waals surface area contributed by atoms with Crippen LogP contribution in [0.4, 0.5) is 0 Å². The molecule has 4 rings (SSSR count). The van der Waals surface area contributed by atoms with E-state index in [1.165, 1.54) is 5.56 Å². The minimum absolute atomic E-state index is 0.108. The van der Waals surface area contributed by atoms with Crippen LogP contribution in [0, 0.1) is 0 Å². The second-order valence-electron chi connectivity index (χ2n) is 8.50. The normalized spacial score (nSPS) is 16.1. The third-order valence-corrected chi connectivity index (χ3v) is 6.37. The molecule has 1 unspecified atom stereocenters. The zero-order valence-electron chi connectivity index (χ0n) is 18.5. The lowest BCUT2D eigenvalue weighted by Crippen LogP contribution is -2.37. The number of hydrogen-bond acceptors (Lipinski definition) is 5. The molecule has 0 amide bonds. The van der Waals surface area contributed by atoms with Gasteiger partial charge in [-0.1, -0.05) is 31.2 Å². The summed E-state index contributed by atoms with van der Waals surface area (Å²) < 4.78 is 11.3. The van der Waals surface area contributed by atoms with Gasteiger partial charge in [0.15, 0.2) is 0 Å². The first-order chi connectivity index (χ1) is 15.1. The first-order valence-electron chi connectivity index (χ1n) is 11.3. The summed E-state index contributed by atoms with van der Waals surface area (Å²) in [5.41, 5.74) is 3.01. The van der Waals surface area contributed by atoms with Gasteiger partial charge in [0.05, 0.1) is 19.5 Å². The van der Waals surface area contributed by atoms with Gasteiger partial charge in [0.1, 0.15) is 17.1 Å². The number of furan rings is 1. The maximum Gasteiger partial charge on any atom is 0.140 e. The molecule has 1 aromatic heterocycles. The highest BCUT2D eigenvalue weighted by atomic mass is 16.5. The molecule has 0 radical (unpaired) electrons. The Bertz CT molecular complexity index is 1080. The van der Waals surface area contributed by atoms with Gasteiger partial charge < -0.3 is 13.9 Å². The van der Waals surface area contributed by atoms with Crippen molar-refractivity contribution in [3.63, 3.8) is 0 Å². The topological polar surface area (TPSA) is 59.8 Å². The summed E-state index contributed by atoms with van der Waals surface area (Å²) in [6.07, 6.45) is 4.10. The number of carbonyl (C=O) groups excluding carboxylic acids is 2. The summed E-state index contributed by atoms with van der Waals surface area (Å²) in [7, 11) is 0. The van der Waals surface area contributed by atoms with Crippen LogP contribution in [-0.4, -0.2) is 49.3 Å². The maximum absolute atomic E-state index is 12.7. The van der Waals surface area contributed by atoms with Crippen LogP contribution >= 0.6 is 0 Å². The number of rotatable bonds is 9. The largest absolute Gasteiger partial charge is 0.464 e. The number of carbonyl (C=O) groups is 2. The van der Waals surface area contributed by atoms with Crippen molar-refractivity contribution in [3.8, 4) is 0 Å². The van der Waals surface area contributed by atoms with Gasteiger partial charge in [-0.15, -0.1) is 0 Å². The molecule has 31 heavy (non-hydrogen) atoms. The number of Topliss-reactive ketones (excluding diaryl/α,β-unsaturated/α-hetero) is 2. The molecule has 3 aromatic rings. The van der Waals surface area contributed by atoms with Gasteiger partial charge in [0, 0.05) is 49.3 Å². The Labute approximate surface area is 183 Å². The van der Waals surface area contributed by atoms with Gasteiger partial charge >= 0.3 is 0 Å². The zero-order valence-corrected chi connectivity index (χ0v) is 18.5. The quantitative estimate of drug-likeness (QED) is 0.492. The van der Waals surface area contributed by atoms with Crippen molar-refractivity contribution in [3.05, 3.63) is 47.7 Å². The Morgan fingerprint density at radius 2 is 1.94 bits per heavy atom. The van der Waals surface area contributed by atoms with E-state index in [4.69, 9.17) is 9.15 Å². The van der Waals surface area contributed by atoms with Crippen LogP contribution in [0.1, 0.15) is 50.2 Å². The van der Waals surface area contributed by atoms with E-state index < -0.39 is 0 Å². The van der Waals surface area contributed by atoms with Crippen molar-refractivity contribution in [1.29, 1.82) is 0 Å². The molecule has 0 bridgehead atoms. The molecule has 2 aromatic carbocycles. The molecule has 1 atom stereocenters. The molecule has 1 aliphatic heterocycles. The van der Waals surface area contributed by atoms with Crippen LogP contribution < -0.4 is 0 Å². The fraction of sp³-hybridized carbons (Fsp3) is 0.462. The number of ketones is 2. The van der Waals surface area contributed by atoms with E-state index in [-0.39, 0.29) is 17.5 Å². The van der Waals surface area contributed by atoms with Crippen LogP contribution in [0.25, 0.3) is 21.7 Å². The van der Waals surface area contributed by atoms with Crippen LogP contribution in [0.5, 0.6) is 0 Å². The lowest BCUT2D eigenvalue weighted by atomic mass is 9.87. The summed E-state index contributed by atoms with van der Waals surface area (Å²) in [4.78, 5) is 26.7. The van der Waals surface area contributed by atoms with Crippen molar-refractivity contribution >= 4 is 33.3 Å². The summed E-state index contributed by atoms with van der Waals surface area (Å²) in [6, 6.07) is 10.7. The van der Waals surface area contributed by atoms with E-state index >= 15 is 0 Å². The van der Waals surface area contributed by atoms with Crippen molar-refractivity contribution < 1.29 is 18.7 Å². The number of fused-ring (bicyclic) bond motifs is 3. The average Bonchev–Trinajstić information content (AvgIpc) is 3.22. The molecular weight excluding hydrogens is 390 g/mol. The highest BCUT2D eigenvalue weighted by Gasteiger charge is 2.24. The Kier molecular flexibility index (Phi) is 6.83. The molecule has 5 nitrogen and oxygen atoms in total. The Hall–Kier alpha value is -2.50. The number of hydrogen-bond donors (Lipinski definition) is 0. The van der Waals surface area contributed by atoms with E-state index in [0.29, 0.717) is 19.3 Å². The fourth-order valence-electron chi connectivity index (χ4n) is 4.55. The second-order valence-corrected chi connectivity index (χ2v) is 8.50. The van der Waals surface area contributed by atoms with E-state index in [9.17, 15) is 9.59 Å². The van der Waals surface area contributed by atoms with Gasteiger partial charge in [-0.25, -0.2) is 0 Å². The highest BCUT2D eigenvalue weighted by Crippen LogP contribution is 2.37. The van der Waals surface area contributed by atoms with Crippen molar-refractivity contribution in [1.82, 2.24) is 4.90 Å². The molecule has 5 heteroatoms. The van der Waals surface area contributed by atoms with E-state index in [1.54, 1.807) is 13.2 Å². The maximum atomic E-state index is 12.7. The molecule has 164 valence electrons. The van der Waals surface area contributed by atoms with E-state index in [0.717, 1.165) is 66.6 Å². The van der Waals surface area contributed by atoms with E-state index in [1.807, 2.05) is 13.0 Å². The number of morpholine rings is 1. The third-order valence-electron chi connectivity index (χ3n) is 6.37. The van der Waals surface area contributed by atoms with Crippen molar-refractivity contribution in [2.24, 2.45) is 0 Å². The molecule has 2 heterocycles. The van der Waals surface area contributed by atoms with E-state index in [2.05, 4.69) is 29.2 Å². The standard InChI is InChI=1S/C26H31NO4/c1-3-24(29)22(7-4-18(2)28)23-17-31-25-9-6-20-16-19(5-8-21(20)26(23)25)10-11-27-12-14-30-15-13-27/h5-6,8-9,16-17,22H,3-4,7,10-15H2,1-2H3. The lowest BCUT2D eigenvalue weighted by Gasteiger charge is -2.26. The molecule has 1 saturated heterocycles. The number of ether oxygens (including phenoxy) is 1. The third kappa shape index (κ3) is 4.89. The molecule has 0 aliphatic carbocycles. The fourth-order valence-corrected chi connectivity index (χ4v) is 4.55. The predicted molar refractivity (Wildman–Crippen MR) is 123 cm³/mol. The molecular formula is C26H31NO4. The SMILES string of the molecule is CCC(=O)C(CCC(C)=O)c1coc2ccc3cc(CCN4CCOCC4)ccc3c12. The first-order valence-corrected chi connectivity index (χ1v) is 11.3. The average molecular weight is 422 g/mol. The monoisotopic (exact) mass is 421 g/mol. The van der Waals surface area contributed by atoms with Crippen LogP contribution in [0.15, 0.2) is 41.0 Å². The van der Waals surface area contributed by atoms with Gasteiger partial charge in [0.2, 0.25) is 0 Å². The molecule has 1 aliphatic rings. The van der Waals surface area contributed by atoms with Crippen LogP contribution in [0.2, 0.25) is 0 Å². The molecule has 0 saturated carbocycles. The first kappa shape index (κ1) is 21.7. The molecule has 0 N–H and O–H groups in total. The Morgan fingerprint density at radius 1 is 1.13 bits per heavy atom. The minimum atomic E-state index is -0.304. The number of nitrogens with zero attached hydrogens (tertiary/aromatic N) is 1. The van der Waals surface area contributed by atoms with Gasteiger partial charge in [-0.3, -0.25) is 9.69 Å². The summed E-state index contributed by atoms with van der Waals surface area (Å²) >= 11 is 0. The smallest absolute Gasteiger partial charge is 0.140 e. The summed E-state index contributed by atoms with van der Waals surface area (Å²) in [6.45, 7) is 8.13. The van der Waals surface area contributed by atoms with Gasteiger partial charge in [0.25, 0.3) is 0 Å². The summed E-state index contributed by atoms with van der Waals surface area (Å²) in [5, 5.41) is 3.27. The van der Waals surface area contributed by atoms with Crippen molar-refractivity contribution in [2.75, 3.05) is 32.8 Å². The molecule has 1 fully saturated rings. The van der Waals surface area contributed by atoms with Crippen molar-refractivity contribution in [2.45, 2.75) is 45.4 Å². The van der Waals surface area contributed by atoms with Gasteiger partial charge in [-0.2, -0.15) is 0 Å². The summed E-state index contributed by atoms with van der Waals surface area (Å²) in [5.74, 6) is -0.0405. The second kappa shape index (κ2) is 9.75. The lowest BCUT2D eigenvalue weighted by molar-refractivity contribution is -0.120. The Morgan fingerprint density at radius 3 is 2.68 bits per heavy atom. The Balaban J connectivity index is 1.65. The molecule has 0 spiro atoms. The van der Waals surface area contributed by atoms with Crippen LogP contribution in [0.3, 0.4) is 0 Å². The van der Waals surface area contributed by atoms with Crippen LogP contribution in [-0.2, 0) is 20.7 Å². The van der Waals surface area contributed by atoms with Gasteiger partial charge in [-0.05, 0) is 42.2 Å². The highest BCUT2D eigenvalue weighted by molar-refractivity contribution is 6.09. The number of benzene rings is 2. The zero-order chi connectivity index (χ0) is 21.8. The minimum Gasteiger partial charge on any atom is -0.464 e.